The highest BCUT2D eigenvalue weighted by atomic mass is 19.1. The van der Waals surface area contributed by atoms with Gasteiger partial charge in [-0.2, -0.15) is 0 Å². The molecule has 1 N–H and O–H groups in total. The SMILES string of the molecule is CC(c1ccccc1)N(Cc1ccccc1)C(=O)Nc1ccc(F)cc1F.c1ccccc1. The highest BCUT2D eigenvalue weighted by Crippen LogP contribution is 2.24. The third-order valence-electron chi connectivity index (χ3n) is 5.05. The zero-order chi connectivity index (χ0) is 23.5. The van der Waals surface area contributed by atoms with Crippen molar-refractivity contribution < 1.29 is 13.6 Å². The molecule has 0 aliphatic heterocycles. The first kappa shape index (κ1) is 23.7. The monoisotopic (exact) mass is 444 g/mol. The fraction of sp³-hybridized carbons (Fsp3) is 0.107. The van der Waals surface area contributed by atoms with E-state index in [1.807, 2.05) is 104 Å². The number of nitrogens with zero attached hydrogens (tertiary/aromatic N) is 1. The Morgan fingerprint density at radius 3 is 1.85 bits per heavy atom. The number of carbonyl (C=O) groups excluding carboxylic acids is 1. The van der Waals surface area contributed by atoms with Crippen LogP contribution < -0.4 is 5.32 Å². The van der Waals surface area contributed by atoms with Gasteiger partial charge in [0.15, 0.2) is 0 Å². The van der Waals surface area contributed by atoms with E-state index in [9.17, 15) is 13.6 Å². The van der Waals surface area contributed by atoms with Crippen LogP contribution >= 0.6 is 0 Å². The molecule has 0 heterocycles. The molecule has 33 heavy (non-hydrogen) atoms. The van der Waals surface area contributed by atoms with Crippen molar-refractivity contribution in [3.63, 3.8) is 0 Å². The summed E-state index contributed by atoms with van der Waals surface area (Å²) in [5.41, 5.74) is 1.86. The van der Waals surface area contributed by atoms with Crippen molar-refractivity contribution in [2.75, 3.05) is 5.32 Å². The minimum absolute atomic E-state index is 0.0558. The lowest BCUT2D eigenvalue weighted by Gasteiger charge is -2.30. The molecule has 168 valence electrons. The fourth-order valence-corrected chi connectivity index (χ4v) is 3.24. The van der Waals surface area contributed by atoms with Crippen LogP contribution in [-0.2, 0) is 6.54 Å². The van der Waals surface area contributed by atoms with E-state index in [-0.39, 0.29) is 11.7 Å². The number of hydrogen-bond acceptors (Lipinski definition) is 1. The average Bonchev–Trinajstić information content (AvgIpc) is 2.86. The summed E-state index contributed by atoms with van der Waals surface area (Å²) in [6, 6.07) is 33.5. The van der Waals surface area contributed by atoms with Gasteiger partial charge in [-0.15, -0.1) is 0 Å². The van der Waals surface area contributed by atoms with Crippen LogP contribution in [0.25, 0.3) is 0 Å². The summed E-state index contributed by atoms with van der Waals surface area (Å²) in [6.07, 6.45) is 0. The summed E-state index contributed by atoms with van der Waals surface area (Å²) in [5, 5.41) is 2.55. The minimum Gasteiger partial charge on any atom is -0.313 e. The Labute approximate surface area is 193 Å². The van der Waals surface area contributed by atoms with Crippen LogP contribution in [-0.4, -0.2) is 10.9 Å². The first-order chi connectivity index (χ1) is 16.0. The Hall–Kier alpha value is -3.99. The number of benzene rings is 4. The van der Waals surface area contributed by atoms with Crippen LogP contribution in [0.15, 0.2) is 115 Å². The molecule has 0 aliphatic rings. The van der Waals surface area contributed by atoms with E-state index in [1.165, 1.54) is 6.07 Å². The molecule has 0 radical (unpaired) electrons. The lowest BCUT2D eigenvalue weighted by atomic mass is 10.1. The lowest BCUT2D eigenvalue weighted by Crippen LogP contribution is -2.36. The third-order valence-corrected chi connectivity index (χ3v) is 5.05. The number of amides is 2. The van der Waals surface area contributed by atoms with Crippen molar-refractivity contribution in [1.82, 2.24) is 4.90 Å². The molecule has 0 bridgehead atoms. The molecule has 4 aromatic carbocycles. The predicted molar refractivity (Wildman–Crippen MR) is 129 cm³/mol. The summed E-state index contributed by atoms with van der Waals surface area (Å²) >= 11 is 0. The molecular formula is C28H26F2N2O. The molecule has 0 saturated carbocycles. The van der Waals surface area contributed by atoms with E-state index in [4.69, 9.17) is 0 Å². The van der Waals surface area contributed by atoms with Gasteiger partial charge in [-0.05, 0) is 30.2 Å². The van der Waals surface area contributed by atoms with E-state index >= 15 is 0 Å². The second-order valence-corrected chi connectivity index (χ2v) is 7.41. The number of halogens is 2. The highest BCUT2D eigenvalue weighted by molar-refractivity contribution is 5.89. The van der Waals surface area contributed by atoms with Gasteiger partial charge in [0, 0.05) is 12.6 Å². The lowest BCUT2D eigenvalue weighted by molar-refractivity contribution is 0.189. The molecule has 4 aromatic rings. The fourth-order valence-electron chi connectivity index (χ4n) is 3.24. The normalized spacial score (nSPS) is 11.0. The number of urea groups is 1. The van der Waals surface area contributed by atoms with E-state index in [0.717, 1.165) is 23.3 Å². The van der Waals surface area contributed by atoms with E-state index in [2.05, 4.69) is 5.32 Å². The molecule has 0 aliphatic carbocycles. The molecule has 1 atom stereocenters. The zero-order valence-electron chi connectivity index (χ0n) is 18.4. The Balaban J connectivity index is 0.000000442. The second kappa shape index (κ2) is 12.2. The van der Waals surface area contributed by atoms with Crippen LogP contribution in [0, 0.1) is 11.6 Å². The van der Waals surface area contributed by atoms with E-state index in [1.54, 1.807) is 4.90 Å². The van der Waals surface area contributed by atoms with Gasteiger partial charge in [0.25, 0.3) is 0 Å². The van der Waals surface area contributed by atoms with Crippen LogP contribution in [0.2, 0.25) is 0 Å². The maximum absolute atomic E-state index is 14.0. The van der Waals surface area contributed by atoms with Crippen LogP contribution in [0.3, 0.4) is 0 Å². The molecule has 0 fully saturated rings. The molecule has 0 spiro atoms. The molecule has 4 rings (SSSR count). The Bertz CT molecular complexity index is 1100. The summed E-state index contributed by atoms with van der Waals surface area (Å²) in [7, 11) is 0. The molecule has 0 aromatic heterocycles. The highest BCUT2D eigenvalue weighted by Gasteiger charge is 2.22. The van der Waals surface area contributed by atoms with Gasteiger partial charge in [0.05, 0.1) is 11.7 Å². The number of nitrogens with one attached hydrogen (secondary N) is 1. The molecular weight excluding hydrogens is 418 g/mol. The van der Waals surface area contributed by atoms with Gasteiger partial charge >= 0.3 is 6.03 Å². The molecule has 5 heteroatoms. The predicted octanol–water partition coefficient (Wildman–Crippen LogP) is 7.45. The number of carbonyl (C=O) groups is 1. The van der Waals surface area contributed by atoms with Gasteiger partial charge in [-0.3, -0.25) is 0 Å². The van der Waals surface area contributed by atoms with Gasteiger partial charge in [-0.1, -0.05) is 97.1 Å². The first-order valence-corrected chi connectivity index (χ1v) is 10.7. The largest absolute Gasteiger partial charge is 0.322 e. The number of anilines is 1. The first-order valence-electron chi connectivity index (χ1n) is 10.7. The van der Waals surface area contributed by atoms with Crippen LogP contribution in [0.1, 0.15) is 24.1 Å². The Morgan fingerprint density at radius 1 is 0.788 bits per heavy atom. The smallest absolute Gasteiger partial charge is 0.313 e. The molecule has 2 amide bonds. The van der Waals surface area contributed by atoms with Crippen molar-refractivity contribution in [1.29, 1.82) is 0 Å². The molecule has 1 unspecified atom stereocenters. The molecule has 3 nitrogen and oxygen atoms in total. The van der Waals surface area contributed by atoms with Crippen molar-refractivity contribution in [2.24, 2.45) is 0 Å². The quantitative estimate of drug-likeness (QED) is 0.341. The van der Waals surface area contributed by atoms with Crippen molar-refractivity contribution in [3.8, 4) is 0 Å². The Morgan fingerprint density at radius 2 is 1.30 bits per heavy atom. The van der Waals surface area contributed by atoms with Crippen molar-refractivity contribution in [2.45, 2.75) is 19.5 Å². The van der Waals surface area contributed by atoms with Crippen molar-refractivity contribution in [3.05, 3.63) is 138 Å². The van der Waals surface area contributed by atoms with Crippen LogP contribution in [0.4, 0.5) is 19.3 Å². The summed E-state index contributed by atoms with van der Waals surface area (Å²) < 4.78 is 27.1. The van der Waals surface area contributed by atoms with Crippen LogP contribution in [0.5, 0.6) is 0 Å². The topological polar surface area (TPSA) is 32.3 Å². The maximum Gasteiger partial charge on any atom is 0.322 e. The summed E-state index contributed by atoms with van der Waals surface area (Å²) in [5.74, 6) is -1.50. The van der Waals surface area contributed by atoms with E-state index < -0.39 is 17.7 Å². The zero-order valence-corrected chi connectivity index (χ0v) is 18.4. The van der Waals surface area contributed by atoms with Gasteiger partial charge in [-0.25, -0.2) is 13.6 Å². The number of rotatable bonds is 5. The summed E-state index contributed by atoms with van der Waals surface area (Å²) in [4.78, 5) is 14.5. The van der Waals surface area contributed by atoms with E-state index in [0.29, 0.717) is 6.54 Å². The maximum atomic E-state index is 14.0. The van der Waals surface area contributed by atoms with Gasteiger partial charge < -0.3 is 10.2 Å². The summed E-state index contributed by atoms with van der Waals surface area (Å²) in [6.45, 7) is 2.27. The average molecular weight is 445 g/mol. The van der Waals surface area contributed by atoms with Gasteiger partial charge in [0.2, 0.25) is 0 Å². The number of hydrogen-bond donors (Lipinski definition) is 1. The third kappa shape index (κ3) is 7.28. The van der Waals surface area contributed by atoms with Gasteiger partial charge in [0.1, 0.15) is 11.6 Å². The standard InChI is InChI=1S/C22H20F2N2O.C6H6/c1-16(18-10-6-3-7-11-18)26(15-17-8-4-2-5-9-17)22(27)25-21-13-12-19(23)14-20(21)24;1-2-4-6-5-3-1/h2-14,16H,15H2,1H3,(H,25,27);1-6H. The molecule has 0 saturated heterocycles. The second-order valence-electron chi connectivity index (χ2n) is 7.41. The van der Waals surface area contributed by atoms with Crippen molar-refractivity contribution >= 4 is 11.7 Å². The Kier molecular flexibility index (Phi) is 8.71. The minimum atomic E-state index is -0.810.